The quantitative estimate of drug-likeness (QED) is 0.485. The van der Waals surface area contributed by atoms with E-state index in [2.05, 4.69) is 51.3 Å². The van der Waals surface area contributed by atoms with Crippen LogP contribution in [0.1, 0.15) is 93.6 Å². The second kappa shape index (κ2) is 10.4. The van der Waals surface area contributed by atoms with Crippen LogP contribution >= 0.6 is 11.3 Å². The highest BCUT2D eigenvalue weighted by Crippen LogP contribution is 2.42. The van der Waals surface area contributed by atoms with Crippen molar-refractivity contribution < 1.29 is 9.53 Å². The Kier molecular flexibility index (Phi) is 8.03. The Bertz CT molecular complexity index is 812. The van der Waals surface area contributed by atoms with Crippen LogP contribution in [0.15, 0.2) is 30.0 Å². The fraction of sp³-hybridized carbons (Fsp3) is 0.654. The van der Waals surface area contributed by atoms with Gasteiger partial charge in [0.1, 0.15) is 4.88 Å². The lowest BCUT2D eigenvalue weighted by Crippen LogP contribution is -2.36. The maximum Gasteiger partial charge on any atom is 0.260 e. The summed E-state index contributed by atoms with van der Waals surface area (Å²) in [7, 11) is 0. The normalized spacial score (nSPS) is 19.4. The van der Waals surface area contributed by atoms with Gasteiger partial charge in [0.2, 0.25) is 0 Å². The molecule has 172 valence electrons. The fourth-order valence-electron chi connectivity index (χ4n) is 4.82. The summed E-state index contributed by atoms with van der Waals surface area (Å²) in [5, 5.41) is 0. The number of hydrogen-bond donors (Lipinski definition) is 1. The number of nitrogens with zero attached hydrogens (tertiary/aromatic N) is 1. The average molecular weight is 445 g/mol. The highest BCUT2D eigenvalue weighted by atomic mass is 32.1. The topological polar surface area (TPSA) is 55.6 Å². The largest absolute Gasteiger partial charge is 0.381 e. The monoisotopic (exact) mass is 444 g/mol. The lowest BCUT2D eigenvalue weighted by molar-refractivity contribution is 0.100. The highest BCUT2D eigenvalue weighted by Gasteiger charge is 2.31. The molecule has 0 aromatic carbocycles. The van der Waals surface area contributed by atoms with Crippen molar-refractivity contribution in [2.45, 2.75) is 90.5 Å². The molecular weight excluding hydrogens is 404 g/mol. The molecule has 2 N–H and O–H groups in total. The van der Waals surface area contributed by atoms with Crippen molar-refractivity contribution in [1.29, 1.82) is 0 Å². The van der Waals surface area contributed by atoms with Crippen LogP contribution in [0.2, 0.25) is 0 Å². The first-order chi connectivity index (χ1) is 14.7. The van der Waals surface area contributed by atoms with Gasteiger partial charge >= 0.3 is 0 Å². The Morgan fingerprint density at radius 1 is 1.29 bits per heavy atom. The van der Waals surface area contributed by atoms with Crippen LogP contribution in [0.25, 0.3) is 0 Å². The lowest BCUT2D eigenvalue weighted by atomic mass is 9.85. The number of thiophene rings is 1. The average Bonchev–Trinajstić information content (AvgIpc) is 3.01. The molecular formula is C26H40N2O2S. The molecule has 2 aliphatic rings. The van der Waals surface area contributed by atoms with Gasteiger partial charge < -0.3 is 15.4 Å². The van der Waals surface area contributed by atoms with E-state index in [1.165, 1.54) is 42.6 Å². The third-order valence-corrected chi connectivity index (χ3v) is 8.15. The van der Waals surface area contributed by atoms with Crippen LogP contribution in [0, 0.1) is 5.92 Å². The molecule has 1 aliphatic heterocycles. The number of rotatable bonds is 7. The molecule has 0 bridgehead atoms. The van der Waals surface area contributed by atoms with Crippen molar-refractivity contribution in [2.24, 2.45) is 11.7 Å². The van der Waals surface area contributed by atoms with Crippen LogP contribution in [-0.4, -0.2) is 25.2 Å². The molecule has 31 heavy (non-hydrogen) atoms. The summed E-state index contributed by atoms with van der Waals surface area (Å²) in [6.45, 7) is 15.0. The first-order valence-corrected chi connectivity index (χ1v) is 12.7. The van der Waals surface area contributed by atoms with Gasteiger partial charge in [-0.25, -0.2) is 0 Å². The van der Waals surface area contributed by atoms with Crippen molar-refractivity contribution in [3.63, 3.8) is 0 Å². The molecule has 0 radical (unpaired) electrons. The molecule has 3 rings (SSSR count). The highest BCUT2D eigenvalue weighted by molar-refractivity contribution is 7.14. The van der Waals surface area contributed by atoms with E-state index in [1.54, 1.807) is 11.3 Å². The standard InChI is InChI=1S/C26H40N2O2S/c1-18(16-20-10-9-14-30-15-13-20)28(19(2)21-11-7-6-8-12-21)22-17-23(26(3,4)5)31-24(22)25(27)29/h10,17-18,21H,2,6-9,11-16H2,1,3-5H3,(H2,27,29). The molecule has 1 aliphatic carbocycles. The van der Waals surface area contributed by atoms with E-state index < -0.39 is 0 Å². The SMILES string of the molecule is C=C(C1CCCCC1)N(c1cc(C(C)(C)C)sc1C(N)=O)C(C)CC1=CCCOCC1. The number of amides is 1. The van der Waals surface area contributed by atoms with Crippen molar-refractivity contribution in [1.82, 2.24) is 0 Å². The Balaban J connectivity index is 1.99. The van der Waals surface area contributed by atoms with E-state index in [0.29, 0.717) is 10.8 Å². The maximum absolute atomic E-state index is 12.5. The van der Waals surface area contributed by atoms with Gasteiger partial charge in [-0.05, 0) is 56.4 Å². The fourth-order valence-corrected chi connectivity index (χ4v) is 5.88. The van der Waals surface area contributed by atoms with Crippen LogP contribution in [0.3, 0.4) is 0 Å². The maximum atomic E-state index is 12.5. The summed E-state index contributed by atoms with van der Waals surface area (Å²) in [5.41, 5.74) is 9.40. The van der Waals surface area contributed by atoms with Crippen molar-refractivity contribution in [2.75, 3.05) is 18.1 Å². The molecule has 0 spiro atoms. The molecule has 1 aromatic heterocycles. The zero-order chi connectivity index (χ0) is 22.6. The van der Waals surface area contributed by atoms with Gasteiger partial charge in [0.05, 0.1) is 18.9 Å². The number of ether oxygens (including phenoxy) is 1. The molecule has 5 heteroatoms. The van der Waals surface area contributed by atoms with Crippen molar-refractivity contribution >= 4 is 22.9 Å². The first kappa shape index (κ1) is 24.1. The smallest absolute Gasteiger partial charge is 0.260 e. The van der Waals surface area contributed by atoms with Crippen LogP contribution < -0.4 is 10.6 Å². The molecule has 1 amide bonds. The predicted molar refractivity (Wildman–Crippen MR) is 132 cm³/mol. The molecule has 1 aromatic rings. The van der Waals surface area contributed by atoms with E-state index >= 15 is 0 Å². The van der Waals surface area contributed by atoms with Crippen LogP contribution in [0.4, 0.5) is 5.69 Å². The number of hydrogen-bond acceptors (Lipinski definition) is 4. The van der Waals surface area contributed by atoms with Gasteiger partial charge in [-0.15, -0.1) is 11.3 Å². The second-order valence-electron chi connectivity index (χ2n) is 10.2. The van der Waals surface area contributed by atoms with Crippen molar-refractivity contribution in [3.05, 3.63) is 39.7 Å². The minimum Gasteiger partial charge on any atom is -0.381 e. The summed E-state index contributed by atoms with van der Waals surface area (Å²) in [5.74, 6) is 0.132. The zero-order valence-electron chi connectivity index (χ0n) is 19.8. The van der Waals surface area contributed by atoms with E-state index in [4.69, 9.17) is 10.5 Å². The minimum absolute atomic E-state index is 0.0324. The molecule has 1 fully saturated rings. The Morgan fingerprint density at radius 2 is 2.00 bits per heavy atom. The summed E-state index contributed by atoms with van der Waals surface area (Å²) in [6.07, 6.45) is 11.4. The van der Waals surface area contributed by atoms with Gasteiger partial charge in [0.15, 0.2) is 0 Å². The number of nitrogens with two attached hydrogens (primary N) is 1. The molecule has 1 saturated carbocycles. The van der Waals surface area contributed by atoms with Crippen LogP contribution in [0.5, 0.6) is 0 Å². The van der Waals surface area contributed by atoms with Gasteiger partial charge in [0.25, 0.3) is 5.91 Å². The summed E-state index contributed by atoms with van der Waals surface area (Å²) < 4.78 is 5.64. The number of anilines is 1. The molecule has 2 heterocycles. The van der Waals surface area contributed by atoms with Crippen LogP contribution in [-0.2, 0) is 10.2 Å². The third kappa shape index (κ3) is 6.01. The number of allylic oxidation sites excluding steroid dienone is 1. The summed E-state index contributed by atoms with van der Waals surface area (Å²) in [6, 6.07) is 2.40. The third-order valence-electron chi connectivity index (χ3n) is 6.58. The number of primary amides is 1. The van der Waals surface area contributed by atoms with Gasteiger partial charge in [-0.3, -0.25) is 4.79 Å². The number of carbonyl (C=O) groups is 1. The Morgan fingerprint density at radius 3 is 2.65 bits per heavy atom. The van der Waals surface area contributed by atoms with Gasteiger partial charge in [0, 0.05) is 16.6 Å². The zero-order valence-corrected chi connectivity index (χ0v) is 20.7. The summed E-state index contributed by atoms with van der Waals surface area (Å²) >= 11 is 1.54. The van der Waals surface area contributed by atoms with E-state index in [0.717, 1.165) is 43.9 Å². The van der Waals surface area contributed by atoms with E-state index in [-0.39, 0.29) is 17.4 Å². The van der Waals surface area contributed by atoms with Gasteiger partial charge in [-0.2, -0.15) is 0 Å². The Hall–Kier alpha value is -1.59. The first-order valence-electron chi connectivity index (χ1n) is 11.9. The van der Waals surface area contributed by atoms with Gasteiger partial charge in [-0.1, -0.05) is 58.3 Å². The molecule has 1 unspecified atom stereocenters. The Labute approximate surface area is 192 Å². The van der Waals surface area contributed by atoms with Crippen molar-refractivity contribution in [3.8, 4) is 0 Å². The predicted octanol–water partition coefficient (Wildman–Crippen LogP) is 6.56. The molecule has 1 atom stereocenters. The number of carbonyl (C=O) groups excluding carboxylic acids is 1. The molecule has 0 saturated heterocycles. The van der Waals surface area contributed by atoms with E-state index in [1.807, 2.05) is 0 Å². The minimum atomic E-state index is -0.341. The van der Waals surface area contributed by atoms with E-state index in [9.17, 15) is 4.79 Å². The molecule has 4 nitrogen and oxygen atoms in total. The lowest BCUT2D eigenvalue weighted by Gasteiger charge is -2.38. The summed E-state index contributed by atoms with van der Waals surface area (Å²) in [4.78, 5) is 16.7. The second-order valence-corrected chi connectivity index (χ2v) is 11.3.